The zero-order chi connectivity index (χ0) is 7.82. The predicted molar refractivity (Wildman–Crippen MR) is 44.0 cm³/mol. The number of aldehydes is 1. The largest absolute Gasteiger partial charge is 0.303 e. The van der Waals surface area contributed by atoms with Crippen LogP contribution >= 0.6 is 0 Å². The van der Waals surface area contributed by atoms with Gasteiger partial charge in [0.25, 0.3) is 0 Å². The molecule has 0 aromatic rings. The monoisotopic (exact) mass is 142 g/mol. The minimum atomic E-state index is 0.275. The molecule has 1 heteroatoms. The molecule has 0 amide bonds. The third-order valence-electron chi connectivity index (χ3n) is 1.75. The Labute approximate surface area is 63.8 Å². The zero-order valence-electron chi connectivity index (χ0n) is 7.10. The van der Waals surface area contributed by atoms with Crippen molar-refractivity contribution in [1.82, 2.24) is 0 Å². The molecule has 0 aromatic carbocycles. The highest BCUT2D eigenvalue weighted by Gasteiger charge is 1.97. The average molecular weight is 142 g/mol. The first-order chi connectivity index (χ1) is 4.81. The van der Waals surface area contributed by atoms with Gasteiger partial charge in [-0.1, -0.05) is 39.5 Å². The molecule has 1 nitrogen and oxygen atoms in total. The smallest absolute Gasteiger partial charge is 0.122 e. The fraction of sp³-hybridized carbons (Fsp3) is 0.889. The third-order valence-corrected chi connectivity index (χ3v) is 1.75. The van der Waals surface area contributed by atoms with Gasteiger partial charge in [-0.05, 0) is 6.42 Å². The Kier molecular flexibility index (Phi) is 6.56. The van der Waals surface area contributed by atoms with Crippen LogP contribution in [0.25, 0.3) is 0 Å². The standard InChI is InChI=1S/C9H18O/c1-3-4-5-6-7-9(2)8-10/h8-9H,3-7H2,1-2H3. The van der Waals surface area contributed by atoms with E-state index in [0.717, 1.165) is 12.7 Å². The molecule has 0 saturated carbocycles. The van der Waals surface area contributed by atoms with Crippen LogP contribution < -0.4 is 0 Å². The summed E-state index contributed by atoms with van der Waals surface area (Å²) in [6.45, 7) is 4.18. The summed E-state index contributed by atoms with van der Waals surface area (Å²) in [4.78, 5) is 10.2. The van der Waals surface area contributed by atoms with Crippen LogP contribution in [-0.4, -0.2) is 6.29 Å². The Morgan fingerprint density at radius 2 is 2.00 bits per heavy atom. The van der Waals surface area contributed by atoms with Crippen LogP contribution in [0.15, 0.2) is 0 Å². The second-order valence-corrected chi connectivity index (χ2v) is 2.96. The Balaban J connectivity index is 2.95. The second kappa shape index (κ2) is 6.79. The first-order valence-electron chi connectivity index (χ1n) is 4.26. The molecule has 0 aliphatic carbocycles. The van der Waals surface area contributed by atoms with Crippen LogP contribution in [0.2, 0.25) is 0 Å². The molecule has 0 aliphatic heterocycles. The molecule has 0 bridgehead atoms. The maximum atomic E-state index is 10.2. The van der Waals surface area contributed by atoms with Crippen molar-refractivity contribution in [3.8, 4) is 0 Å². The van der Waals surface area contributed by atoms with Crippen LogP contribution in [0.4, 0.5) is 0 Å². The maximum Gasteiger partial charge on any atom is 0.122 e. The van der Waals surface area contributed by atoms with E-state index < -0.39 is 0 Å². The average Bonchev–Trinajstić information content (AvgIpc) is 1.98. The normalized spacial score (nSPS) is 13.0. The van der Waals surface area contributed by atoms with Crippen LogP contribution in [0.3, 0.4) is 0 Å². The molecule has 60 valence electrons. The molecule has 0 spiro atoms. The van der Waals surface area contributed by atoms with Gasteiger partial charge in [-0.2, -0.15) is 0 Å². The molecule has 0 radical (unpaired) electrons. The quantitative estimate of drug-likeness (QED) is 0.411. The van der Waals surface area contributed by atoms with Crippen molar-refractivity contribution < 1.29 is 4.79 Å². The highest BCUT2D eigenvalue weighted by atomic mass is 16.1. The number of unbranched alkanes of at least 4 members (excludes halogenated alkanes) is 3. The number of rotatable bonds is 6. The number of carbonyl (C=O) groups excluding carboxylic acids is 1. The topological polar surface area (TPSA) is 17.1 Å². The maximum absolute atomic E-state index is 10.2. The Hall–Kier alpha value is -0.330. The summed E-state index contributed by atoms with van der Waals surface area (Å²) < 4.78 is 0. The Morgan fingerprint density at radius 1 is 1.30 bits per heavy atom. The third kappa shape index (κ3) is 5.80. The summed E-state index contributed by atoms with van der Waals surface area (Å²) in [5.41, 5.74) is 0. The molecule has 0 N–H and O–H groups in total. The molecule has 0 saturated heterocycles. The van der Waals surface area contributed by atoms with Gasteiger partial charge in [0.1, 0.15) is 6.29 Å². The molecule has 0 fully saturated rings. The van der Waals surface area contributed by atoms with Crippen molar-refractivity contribution in [1.29, 1.82) is 0 Å². The summed E-state index contributed by atoms with van der Waals surface area (Å²) in [6, 6.07) is 0. The van der Waals surface area contributed by atoms with E-state index in [1.807, 2.05) is 6.92 Å². The van der Waals surface area contributed by atoms with E-state index >= 15 is 0 Å². The Bertz CT molecular complexity index is 78.8. The molecule has 0 aliphatic rings. The molecule has 0 aromatic heterocycles. The van der Waals surface area contributed by atoms with Crippen LogP contribution in [0.1, 0.15) is 46.0 Å². The van der Waals surface area contributed by atoms with Gasteiger partial charge in [0, 0.05) is 5.92 Å². The first kappa shape index (κ1) is 9.67. The van der Waals surface area contributed by atoms with Gasteiger partial charge in [0.15, 0.2) is 0 Å². The fourth-order valence-electron chi connectivity index (χ4n) is 0.961. The summed E-state index contributed by atoms with van der Waals surface area (Å²) in [6.07, 6.45) is 7.21. The number of hydrogen-bond acceptors (Lipinski definition) is 1. The van der Waals surface area contributed by atoms with Crippen molar-refractivity contribution in [3.63, 3.8) is 0 Å². The van der Waals surface area contributed by atoms with Gasteiger partial charge in [-0.15, -0.1) is 0 Å². The molecular weight excluding hydrogens is 124 g/mol. The lowest BCUT2D eigenvalue weighted by molar-refractivity contribution is -0.110. The first-order valence-corrected chi connectivity index (χ1v) is 4.26. The minimum Gasteiger partial charge on any atom is -0.303 e. The zero-order valence-corrected chi connectivity index (χ0v) is 7.10. The van der Waals surface area contributed by atoms with E-state index in [-0.39, 0.29) is 5.92 Å². The van der Waals surface area contributed by atoms with E-state index in [1.165, 1.54) is 25.7 Å². The van der Waals surface area contributed by atoms with E-state index in [4.69, 9.17) is 0 Å². The van der Waals surface area contributed by atoms with Gasteiger partial charge in [-0.3, -0.25) is 0 Å². The summed E-state index contributed by atoms with van der Waals surface area (Å²) >= 11 is 0. The highest BCUT2D eigenvalue weighted by Crippen LogP contribution is 2.07. The van der Waals surface area contributed by atoms with Crippen molar-refractivity contribution in [2.24, 2.45) is 5.92 Å². The minimum absolute atomic E-state index is 0.275. The predicted octanol–water partition coefficient (Wildman–Crippen LogP) is 2.79. The molecule has 0 rings (SSSR count). The second-order valence-electron chi connectivity index (χ2n) is 2.96. The molecular formula is C9H18O. The Morgan fingerprint density at radius 3 is 2.50 bits per heavy atom. The lowest BCUT2D eigenvalue weighted by Crippen LogP contribution is -1.94. The van der Waals surface area contributed by atoms with Crippen LogP contribution in [-0.2, 0) is 4.79 Å². The molecule has 10 heavy (non-hydrogen) atoms. The van der Waals surface area contributed by atoms with E-state index in [2.05, 4.69) is 6.92 Å². The molecule has 1 unspecified atom stereocenters. The summed E-state index contributed by atoms with van der Waals surface area (Å²) in [7, 11) is 0. The van der Waals surface area contributed by atoms with Gasteiger partial charge < -0.3 is 4.79 Å². The fourth-order valence-corrected chi connectivity index (χ4v) is 0.961. The SMILES string of the molecule is CCCCCCC(C)C=O. The van der Waals surface area contributed by atoms with Crippen molar-refractivity contribution in [2.75, 3.05) is 0 Å². The van der Waals surface area contributed by atoms with Gasteiger partial charge in [-0.25, -0.2) is 0 Å². The molecule has 0 heterocycles. The lowest BCUT2D eigenvalue weighted by atomic mass is 10.0. The van der Waals surface area contributed by atoms with Crippen molar-refractivity contribution in [3.05, 3.63) is 0 Å². The summed E-state index contributed by atoms with van der Waals surface area (Å²) in [5.74, 6) is 0.275. The van der Waals surface area contributed by atoms with Gasteiger partial charge in [0.05, 0.1) is 0 Å². The van der Waals surface area contributed by atoms with E-state index in [9.17, 15) is 4.79 Å². The van der Waals surface area contributed by atoms with Gasteiger partial charge in [0.2, 0.25) is 0 Å². The number of carbonyl (C=O) groups is 1. The highest BCUT2D eigenvalue weighted by molar-refractivity contribution is 5.52. The molecule has 1 atom stereocenters. The van der Waals surface area contributed by atoms with Crippen LogP contribution in [0, 0.1) is 5.92 Å². The number of hydrogen-bond donors (Lipinski definition) is 0. The summed E-state index contributed by atoms with van der Waals surface area (Å²) in [5, 5.41) is 0. The van der Waals surface area contributed by atoms with E-state index in [0.29, 0.717) is 0 Å². The van der Waals surface area contributed by atoms with Crippen LogP contribution in [0.5, 0.6) is 0 Å². The van der Waals surface area contributed by atoms with E-state index in [1.54, 1.807) is 0 Å². The van der Waals surface area contributed by atoms with Crippen molar-refractivity contribution in [2.45, 2.75) is 46.0 Å². The lowest BCUT2D eigenvalue weighted by Gasteiger charge is -2.00. The van der Waals surface area contributed by atoms with Gasteiger partial charge >= 0.3 is 0 Å². The van der Waals surface area contributed by atoms with Crippen molar-refractivity contribution >= 4 is 6.29 Å².